The van der Waals surface area contributed by atoms with Crippen molar-refractivity contribution < 1.29 is 33.0 Å². The van der Waals surface area contributed by atoms with Crippen LogP contribution >= 0.6 is 0 Å². The van der Waals surface area contributed by atoms with E-state index in [2.05, 4.69) is 0 Å². The molecule has 0 spiro atoms. The van der Waals surface area contributed by atoms with E-state index in [0.29, 0.717) is 0 Å². The van der Waals surface area contributed by atoms with Gasteiger partial charge >= 0.3 is 18.1 Å². The fraction of sp³-hybridized carbons (Fsp3) is 0.714. The Morgan fingerprint density at radius 3 is 2.13 bits per heavy atom. The Morgan fingerprint density at radius 2 is 1.80 bits per heavy atom. The normalized spacial score (nSPS) is 11.2. The predicted octanol–water partition coefficient (Wildman–Crippen LogP) is -0.156. The monoisotopic (exact) mass is 229 g/mol. The highest BCUT2D eigenvalue weighted by Gasteiger charge is 2.42. The van der Waals surface area contributed by atoms with Crippen LogP contribution in [0.2, 0.25) is 0 Å². The Morgan fingerprint density at radius 1 is 1.27 bits per heavy atom. The topological polar surface area (TPSA) is 77.8 Å². The standard InChI is InChI=1S/C7H10F3NO4/c8-7(9,10)6(15)11(2-1-3-12)4-5(13)14/h12H,1-4H2,(H,13,14). The van der Waals surface area contributed by atoms with Crippen LogP contribution in [0.3, 0.4) is 0 Å². The van der Waals surface area contributed by atoms with Crippen molar-refractivity contribution in [3.63, 3.8) is 0 Å². The second-order valence-corrected chi connectivity index (χ2v) is 2.70. The molecule has 5 nitrogen and oxygen atoms in total. The van der Waals surface area contributed by atoms with Crippen LogP contribution in [0.4, 0.5) is 13.2 Å². The smallest absolute Gasteiger partial charge is 0.471 e. The average Bonchev–Trinajstić information content (AvgIpc) is 2.09. The van der Waals surface area contributed by atoms with Gasteiger partial charge in [0.05, 0.1) is 0 Å². The molecule has 8 heteroatoms. The molecule has 0 unspecified atom stereocenters. The van der Waals surface area contributed by atoms with Gasteiger partial charge in [0.15, 0.2) is 0 Å². The van der Waals surface area contributed by atoms with Gasteiger partial charge in [-0.2, -0.15) is 13.2 Å². The van der Waals surface area contributed by atoms with Gasteiger partial charge in [-0.15, -0.1) is 0 Å². The number of halogens is 3. The summed E-state index contributed by atoms with van der Waals surface area (Å²) in [5.41, 5.74) is 0. The lowest BCUT2D eigenvalue weighted by atomic mass is 10.3. The molecule has 0 rings (SSSR count). The number of aliphatic carboxylic acids is 1. The van der Waals surface area contributed by atoms with E-state index in [4.69, 9.17) is 10.2 Å². The highest BCUT2D eigenvalue weighted by Crippen LogP contribution is 2.18. The van der Waals surface area contributed by atoms with Crippen molar-refractivity contribution in [2.24, 2.45) is 0 Å². The number of aliphatic hydroxyl groups excluding tert-OH is 1. The summed E-state index contributed by atoms with van der Waals surface area (Å²) in [6.07, 6.45) is -5.19. The lowest BCUT2D eigenvalue weighted by molar-refractivity contribution is -0.186. The number of hydrogen-bond acceptors (Lipinski definition) is 3. The van der Waals surface area contributed by atoms with Gasteiger partial charge in [0.25, 0.3) is 0 Å². The van der Waals surface area contributed by atoms with E-state index in [1.165, 1.54) is 0 Å². The van der Waals surface area contributed by atoms with Gasteiger partial charge < -0.3 is 15.1 Å². The van der Waals surface area contributed by atoms with Crippen molar-refractivity contribution in [3.05, 3.63) is 0 Å². The summed E-state index contributed by atoms with van der Waals surface area (Å²) < 4.78 is 35.8. The molecule has 0 aromatic heterocycles. The van der Waals surface area contributed by atoms with Crippen LogP contribution in [-0.4, -0.2) is 52.9 Å². The maximum absolute atomic E-state index is 11.9. The first-order valence-electron chi connectivity index (χ1n) is 3.97. The van der Waals surface area contributed by atoms with Crippen LogP contribution in [0, 0.1) is 0 Å². The van der Waals surface area contributed by atoms with Crippen molar-refractivity contribution in [1.82, 2.24) is 4.90 Å². The zero-order valence-corrected chi connectivity index (χ0v) is 7.62. The average molecular weight is 229 g/mol. The van der Waals surface area contributed by atoms with Crippen LogP contribution in [0.25, 0.3) is 0 Å². The molecule has 0 atom stereocenters. The molecule has 1 amide bonds. The molecule has 0 aromatic carbocycles. The second kappa shape index (κ2) is 5.54. The van der Waals surface area contributed by atoms with Crippen molar-refractivity contribution in [1.29, 1.82) is 0 Å². The van der Waals surface area contributed by atoms with E-state index in [0.717, 1.165) is 0 Å². The van der Waals surface area contributed by atoms with Gasteiger partial charge in [0, 0.05) is 13.2 Å². The third-order valence-electron chi connectivity index (χ3n) is 1.44. The SMILES string of the molecule is O=C(O)CN(CCCO)C(=O)C(F)(F)F. The zero-order chi connectivity index (χ0) is 12.1. The van der Waals surface area contributed by atoms with Gasteiger partial charge in [0.1, 0.15) is 6.54 Å². The van der Waals surface area contributed by atoms with Crippen LogP contribution in [0.1, 0.15) is 6.42 Å². The Balaban J connectivity index is 4.47. The number of carboxylic acid groups (broad SMARTS) is 1. The fourth-order valence-corrected chi connectivity index (χ4v) is 0.857. The molecular weight excluding hydrogens is 219 g/mol. The fourth-order valence-electron chi connectivity index (χ4n) is 0.857. The number of alkyl halides is 3. The molecule has 0 aliphatic rings. The summed E-state index contributed by atoms with van der Waals surface area (Å²) in [6, 6.07) is 0. The first-order chi connectivity index (χ1) is 6.79. The number of hydrogen-bond donors (Lipinski definition) is 2. The van der Waals surface area contributed by atoms with Crippen LogP contribution in [-0.2, 0) is 9.59 Å². The Bertz CT molecular complexity index is 241. The molecule has 0 bridgehead atoms. The molecule has 0 fully saturated rings. The number of nitrogens with zero attached hydrogens (tertiary/aromatic N) is 1. The molecule has 0 saturated heterocycles. The first-order valence-corrected chi connectivity index (χ1v) is 3.97. The molecule has 0 saturated carbocycles. The summed E-state index contributed by atoms with van der Waals surface area (Å²) in [5, 5.41) is 16.6. The lowest BCUT2D eigenvalue weighted by Gasteiger charge is -2.21. The van der Waals surface area contributed by atoms with E-state index in [-0.39, 0.29) is 11.3 Å². The Labute approximate surface area is 83.1 Å². The largest absolute Gasteiger partial charge is 0.480 e. The molecule has 0 aliphatic carbocycles. The highest BCUT2D eigenvalue weighted by molar-refractivity contribution is 5.85. The minimum Gasteiger partial charge on any atom is -0.480 e. The van der Waals surface area contributed by atoms with Crippen LogP contribution in [0.15, 0.2) is 0 Å². The first kappa shape index (κ1) is 13.7. The zero-order valence-electron chi connectivity index (χ0n) is 7.62. The number of rotatable bonds is 5. The molecular formula is C7H10F3NO4. The van der Waals surface area contributed by atoms with E-state index in [9.17, 15) is 22.8 Å². The van der Waals surface area contributed by atoms with Crippen molar-refractivity contribution in [2.45, 2.75) is 12.6 Å². The number of amides is 1. The van der Waals surface area contributed by atoms with Crippen molar-refractivity contribution in [2.75, 3.05) is 19.7 Å². The molecule has 0 aliphatic heterocycles. The number of carbonyl (C=O) groups is 2. The molecule has 0 aromatic rings. The molecule has 88 valence electrons. The predicted molar refractivity (Wildman–Crippen MR) is 42.0 cm³/mol. The summed E-state index contributed by atoms with van der Waals surface area (Å²) in [5.74, 6) is -3.75. The van der Waals surface area contributed by atoms with E-state index in [1.807, 2.05) is 0 Å². The summed E-state index contributed by atoms with van der Waals surface area (Å²) in [4.78, 5) is 21.0. The molecule has 0 radical (unpaired) electrons. The van der Waals surface area contributed by atoms with Gasteiger partial charge in [-0.05, 0) is 6.42 Å². The summed E-state index contributed by atoms with van der Waals surface area (Å²) >= 11 is 0. The van der Waals surface area contributed by atoms with Gasteiger partial charge in [-0.25, -0.2) is 0 Å². The third kappa shape index (κ3) is 5.21. The third-order valence-corrected chi connectivity index (χ3v) is 1.44. The Hall–Kier alpha value is -1.31. The highest BCUT2D eigenvalue weighted by atomic mass is 19.4. The minimum absolute atomic E-state index is 0.102. The van der Waals surface area contributed by atoms with Gasteiger partial charge in [0.2, 0.25) is 0 Å². The van der Waals surface area contributed by atoms with E-state index in [1.54, 1.807) is 0 Å². The van der Waals surface area contributed by atoms with Gasteiger partial charge in [-0.1, -0.05) is 0 Å². The van der Waals surface area contributed by atoms with Crippen LogP contribution in [0.5, 0.6) is 0 Å². The molecule has 15 heavy (non-hydrogen) atoms. The number of aliphatic hydroxyl groups is 1. The molecule has 2 N–H and O–H groups in total. The lowest BCUT2D eigenvalue weighted by Crippen LogP contribution is -2.44. The molecule has 0 heterocycles. The second-order valence-electron chi connectivity index (χ2n) is 2.70. The van der Waals surface area contributed by atoms with E-state index < -0.39 is 37.7 Å². The van der Waals surface area contributed by atoms with Crippen LogP contribution < -0.4 is 0 Å². The summed E-state index contributed by atoms with van der Waals surface area (Å²) in [7, 11) is 0. The summed E-state index contributed by atoms with van der Waals surface area (Å²) in [6.45, 7) is -1.89. The quantitative estimate of drug-likeness (QED) is 0.686. The van der Waals surface area contributed by atoms with Crippen molar-refractivity contribution in [3.8, 4) is 0 Å². The number of carboxylic acids is 1. The minimum atomic E-state index is -5.09. The maximum atomic E-state index is 11.9. The van der Waals surface area contributed by atoms with Gasteiger partial charge in [-0.3, -0.25) is 9.59 Å². The van der Waals surface area contributed by atoms with Crippen molar-refractivity contribution >= 4 is 11.9 Å². The number of carbonyl (C=O) groups excluding carboxylic acids is 1. The Kier molecular flexibility index (Phi) is 5.06. The maximum Gasteiger partial charge on any atom is 0.471 e. The van der Waals surface area contributed by atoms with E-state index >= 15 is 0 Å².